The van der Waals surface area contributed by atoms with Gasteiger partial charge in [-0.3, -0.25) is 19.4 Å². The number of nitrogens with zero attached hydrogens (tertiary/aromatic N) is 1. The predicted molar refractivity (Wildman–Crippen MR) is 182 cm³/mol. The molecular formula is C39H55NO9. The van der Waals surface area contributed by atoms with Crippen molar-refractivity contribution in [2.45, 2.75) is 144 Å². The molecule has 4 saturated carbocycles. The SMILES string of the molecule is CC(=O)O[C@H]1CC[C@]2(C)C3C(=O)C=C4[C@@H]5C[C@@](C)(C(=O)O)CC[C@]5(C)CC[C@@]4(C)[C@]3(C)CC[C@@]2(/N=C/OCc2oc(=O)oc2C(C)C)[C@H]1C. The Hall–Kier alpha value is -3.17. The second kappa shape index (κ2) is 11.7. The summed E-state index contributed by atoms with van der Waals surface area (Å²) >= 11 is 0. The molecule has 5 aliphatic carbocycles. The second-order valence-corrected chi connectivity index (χ2v) is 17.7. The van der Waals surface area contributed by atoms with Gasteiger partial charge < -0.3 is 23.4 Å². The number of rotatable bonds is 7. The first-order valence-corrected chi connectivity index (χ1v) is 18.2. The third kappa shape index (κ3) is 5.11. The van der Waals surface area contributed by atoms with Gasteiger partial charge in [-0.25, -0.2) is 4.79 Å². The van der Waals surface area contributed by atoms with Crippen LogP contribution in [0.25, 0.3) is 0 Å². The second-order valence-electron chi connectivity index (χ2n) is 17.7. The van der Waals surface area contributed by atoms with Gasteiger partial charge >= 0.3 is 17.8 Å². The Morgan fingerprint density at radius 1 is 1.00 bits per heavy atom. The van der Waals surface area contributed by atoms with E-state index in [1.54, 1.807) is 0 Å². The molecule has 0 bridgehead atoms. The van der Waals surface area contributed by atoms with Crippen molar-refractivity contribution in [3.63, 3.8) is 0 Å². The Bertz CT molecular complexity index is 1650. The maximum absolute atomic E-state index is 14.9. The number of aliphatic imine (C=N–C) groups is 1. The molecule has 1 N–H and O–H groups in total. The molecule has 0 aliphatic heterocycles. The van der Waals surface area contributed by atoms with E-state index in [0.717, 1.165) is 31.3 Å². The highest BCUT2D eigenvalue weighted by Crippen LogP contribution is 2.75. The first kappa shape index (κ1) is 35.6. The van der Waals surface area contributed by atoms with Crippen LogP contribution in [0.5, 0.6) is 0 Å². The molecule has 1 heterocycles. The van der Waals surface area contributed by atoms with E-state index in [0.29, 0.717) is 43.6 Å². The quantitative estimate of drug-likeness (QED) is 0.174. The highest BCUT2D eigenvalue weighted by atomic mass is 16.6. The van der Waals surface area contributed by atoms with Gasteiger partial charge in [0.15, 0.2) is 30.3 Å². The van der Waals surface area contributed by atoms with Crippen LogP contribution in [0.2, 0.25) is 0 Å². The third-order valence-corrected chi connectivity index (χ3v) is 14.9. The highest BCUT2D eigenvalue weighted by Gasteiger charge is 2.73. The lowest BCUT2D eigenvalue weighted by Gasteiger charge is -2.71. The third-order valence-electron chi connectivity index (χ3n) is 14.9. The van der Waals surface area contributed by atoms with Crippen LogP contribution in [-0.4, -0.2) is 40.9 Å². The molecule has 0 aromatic carbocycles. The van der Waals surface area contributed by atoms with Crippen LogP contribution in [0, 0.1) is 44.8 Å². The van der Waals surface area contributed by atoms with E-state index in [9.17, 15) is 24.3 Å². The summed E-state index contributed by atoms with van der Waals surface area (Å²) in [5.41, 5.74) is -1.73. The molecule has 0 saturated heterocycles. The minimum Gasteiger partial charge on any atom is -0.481 e. The van der Waals surface area contributed by atoms with Crippen LogP contribution in [0.1, 0.15) is 138 Å². The fourth-order valence-electron chi connectivity index (χ4n) is 11.7. The average Bonchev–Trinajstić information content (AvgIpc) is 3.40. The maximum Gasteiger partial charge on any atom is 0.519 e. The molecule has 0 radical (unpaired) electrons. The number of ketones is 1. The zero-order valence-electron chi connectivity index (χ0n) is 30.8. The zero-order chi connectivity index (χ0) is 35.9. The van der Waals surface area contributed by atoms with Gasteiger partial charge in [-0.15, -0.1) is 0 Å². The summed E-state index contributed by atoms with van der Waals surface area (Å²) in [6, 6.07) is 0. The van der Waals surface area contributed by atoms with Crippen LogP contribution < -0.4 is 5.82 Å². The normalized spacial score (nSPS) is 43.2. The topological polar surface area (TPSA) is 146 Å². The van der Waals surface area contributed by atoms with Crippen molar-refractivity contribution in [1.82, 2.24) is 0 Å². The van der Waals surface area contributed by atoms with E-state index in [1.165, 1.54) is 13.3 Å². The van der Waals surface area contributed by atoms with E-state index >= 15 is 0 Å². The fourth-order valence-corrected chi connectivity index (χ4v) is 11.7. The van der Waals surface area contributed by atoms with Crippen molar-refractivity contribution in [1.29, 1.82) is 0 Å². The van der Waals surface area contributed by atoms with Crippen molar-refractivity contribution in [2.24, 2.45) is 49.8 Å². The summed E-state index contributed by atoms with van der Waals surface area (Å²) in [6.45, 7) is 18.3. The van der Waals surface area contributed by atoms with Crippen LogP contribution >= 0.6 is 0 Å². The van der Waals surface area contributed by atoms with Gasteiger partial charge in [0.2, 0.25) is 0 Å². The number of fused-ring (bicyclic) bond motifs is 7. The van der Waals surface area contributed by atoms with Gasteiger partial charge in [0.25, 0.3) is 0 Å². The molecule has 270 valence electrons. The molecule has 6 rings (SSSR count). The molecule has 10 nitrogen and oxygen atoms in total. The van der Waals surface area contributed by atoms with E-state index in [4.69, 9.17) is 23.3 Å². The average molecular weight is 682 g/mol. The van der Waals surface area contributed by atoms with E-state index in [1.807, 2.05) is 26.8 Å². The summed E-state index contributed by atoms with van der Waals surface area (Å²) in [4.78, 5) is 56.7. The monoisotopic (exact) mass is 681 g/mol. The number of aliphatic carboxylic acids is 1. The van der Waals surface area contributed by atoms with Gasteiger partial charge in [0.1, 0.15) is 6.10 Å². The first-order valence-electron chi connectivity index (χ1n) is 18.2. The van der Waals surface area contributed by atoms with Crippen molar-refractivity contribution in [3.05, 3.63) is 33.8 Å². The highest BCUT2D eigenvalue weighted by molar-refractivity contribution is 5.96. The summed E-state index contributed by atoms with van der Waals surface area (Å²) in [7, 11) is 0. The number of ether oxygens (including phenoxy) is 2. The minimum atomic E-state index is -0.814. The molecule has 1 unspecified atom stereocenters. The summed E-state index contributed by atoms with van der Waals surface area (Å²) in [5.74, 6) is -1.60. The zero-order valence-corrected chi connectivity index (χ0v) is 30.8. The van der Waals surface area contributed by atoms with E-state index in [2.05, 4.69) is 34.6 Å². The summed E-state index contributed by atoms with van der Waals surface area (Å²) in [5, 5.41) is 10.2. The van der Waals surface area contributed by atoms with Crippen LogP contribution in [0.15, 0.2) is 30.3 Å². The van der Waals surface area contributed by atoms with Crippen molar-refractivity contribution < 1.29 is 37.8 Å². The predicted octanol–water partition coefficient (Wildman–Crippen LogP) is 7.63. The van der Waals surface area contributed by atoms with Crippen molar-refractivity contribution in [3.8, 4) is 0 Å². The van der Waals surface area contributed by atoms with Gasteiger partial charge in [-0.1, -0.05) is 54.0 Å². The molecular weight excluding hydrogens is 626 g/mol. The Kier molecular flexibility index (Phi) is 8.51. The maximum atomic E-state index is 14.9. The van der Waals surface area contributed by atoms with Crippen molar-refractivity contribution in [2.75, 3.05) is 0 Å². The summed E-state index contributed by atoms with van der Waals surface area (Å²) in [6.07, 6.45) is 9.66. The first-order chi connectivity index (χ1) is 22.8. The lowest BCUT2D eigenvalue weighted by Crippen LogP contribution is -2.71. The molecule has 10 atom stereocenters. The number of carboxylic acids is 1. The van der Waals surface area contributed by atoms with Gasteiger partial charge in [-0.05, 0) is 93.0 Å². The van der Waals surface area contributed by atoms with Gasteiger partial charge in [-0.2, -0.15) is 0 Å². The minimum absolute atomic E-state index is 0.0308. The summed E-state index contributed by atoms with van der Waals surface area (Å²) < 4.78 is 22.3. The molecule has 49 heavy (non-hydrogen) atoms. The molecule has 4 fully saturated rings. The number of carbonyl (C=O) groups excluding carboxylic acids is 2. The molecule has 5 aliphatic rings. The van der Waals surface area contributed by atoms with E-state index < -0.39 is 28.2 Å². The van der Waals surface area contributed by atoms with Crippen molar-refractivity contribution >= 4 is 24.1 Å². The largest absolute Gasteiger partial charge is 0.519 e. The molecule has 10 heteroatoms. The van der Waals surface area contributed by atoms with E-state index in [-0.39, 0.29) is 64.4 Å². The van der Waals surface area contributed by atoms with Crippen LogP contribution in [0.4, 0.5) is 0 Å². The molecule has 1 aromatic rings. The Morgan fingerprint density at radius 3 is 2.35 bits per heavy atom. The Balaban J connectivity index is 1.40. The number of esters is 1. The van der Waals surface area contributed by atoms with Crippen LogP contribution in [0.3, 0.4) is 0 Å². The lowest BCUT2D eigenvalue weighted by molar-refractivity contribution is -0.198. The standard InChI is InChI=1S/C39H55NO9/c1-22(2)30-29(48-33(45)49-30)20-46-21-40-39-17-16-37(8)31(38(39,9)11-10-28(23(39)3)47-24(4)41)27(42)18-25-26-19-35(6,32(43)44)13-12-34(26,5)14-15-36(25,37)7/h18,21-23,26,28,31H,10-17,19-20H2,1-9H3,(H,43,44)/b40-21+/t23-,26-,28-,31?,34+,35-,36+,37+,38+,39+/m0/s1. The molecule has 1 aromatic heterocycles. The number of carbonyl (C=O) groups is 3. The fraction of sp³-hybridized carbons (Fsp3) is 0.769. The van der Waals surface area contributed by atoms with Gasteiger partial charge in [0, 0.05) is 30.1 Å². The molecule has 0 amide bonds. The molecule has 0 spiro atoms. The lowest BCUT2D eigenvalue weighted by atomic mass is 9.33. The Labute approximate surface area is 289 Å². The number of allylic oxidation sites excluding steroid dienone is 2. The smallest absolute Gasteiger partial charge is 0.481 e. The Morgan fingerprint density at radius 2 is 1.69 bits per heavy atom. The van der Waals surface area contributed by atoms with Gasteiger partial charge in [0.05, 0.1) is 11.0 Å². The van der Waals surface area contributed by atoms with Crippen LogP contribution in [-0.2, 0) is 30.5 Å². The number of hydrogen-bond acceptors (Lipinski definition) is 9. The number of hydrogen-bond donors (Lipinski definition) is 1. The number of carboxylic acid groups (broad SMARTS) is 1.